The minimum atomic E-state index is -3.89. The van der Waals surface area contributed by atoms with Crippen LogP contribution in [0.25, 0.3) is 0 Å². The fourth-order valence-electron chi connectivity index (χ4n) is 3.85. The second-order valence-electron chi connectivity index (χ2n) is 9.34. The SMILES string of the molecule is CCN1CCN(c2ccc(Nc3ccc(S(=O)(=O)NC(C)(C)C)cc3[N+](=O)[O-])c(C)c2)CC1. The molecule has 0 amide bonds. The molecule has 0 radical (unpaired) electrons. The monoisotopic (exact) mass is 475 g/mol. The van der Waals surface area contributed by atoms with Gasteiger partial charge in [0.25, 0.3) is 5.69 Å². The van der Waals surface area contributed by atoms with Crippen LogP contribution in [-0.4, -0.2) is 56.5 Å². The van der Waals surface area contributed by atoms with Crippen LogP contribution in [0, 0.1) is 17.0 Å². The Labute approximate surface area is 196 Å². The van der Waals surface area contributed by atoms with Gasteiger partial charge < -0.3 is 15.1 Å². The summed E-state index contributed by atoms with van der Waals surface area (Å²) < 4.78 is 27.7. The fraction of sp³-hybridized carbons (Fsp3) is 0.478. The van der Waals surface area contributed by atoms with Crippen LogP contribution in [0.3, 0.4) is 0 Å². The van der Waals surface area contributed by atoms with Gasteiger partial charge in [0.1, 0.15) is 5.69 Å². The van der Waals surface area contributed by atoms with Crippen molar-refractivity contribution < 1.29 is 13.3 Å². The Bertz CT molecular complexity index is 1120. The molecule has 0 unspecified atom stereocenters. The number of piperazine rings is 1. The number of aryl methyl sites for hydroxylation is 1. The van der Waals surface area contributed by atoms with Crippen molar-refractivity contribution in [3.05, 3.63) is 52.1 Å². The summed E-state index contributed by atoms with van der Waals surface area (Å²) in [4.78, 5) is 15.7. The van der Waals surface area contributed by atoms with Crippen molar-refractivity contribution in [2.45, 2.75) is 45.1 Å². The standard InChI is InChI=1S/C23H33N5O4S/c1-6-26-11-13-27(14-12-26)18-7-9-20(17(2)15-18)24-21-10-8-19(16-22(21)28(29)30)33(31,32)25-23(3,4)5/h7-10,15-16,24-25H,6,11-14H2,1-5H3. The number of sulfonamides is 1. The lowest BCUT2D eigenvalue weighted by molar-refractivity contribution is -0.384. The van der Waals surface area contributed by atoms with E-state index >= 15 is 0 Å². The van der Waals surface area contributed by atoms with Crippen LogP contribution < -0.4 is 14.9 Å². The molecule has 0 aromatic heterocycles. The number of likely N-dealkylation sites (N-methyl/N-ethyl adjacent to an activating group) is 1. The summed E-state index contributed by atoms with van der Waals surface area (Å²) >= 11 is 0. The third kappa shape index (κ3) is 6.21. The van der Waals surface area contributed by atoms with E-state index in [9.17, 15) is 18.5 Å². The van der Waals surface area contributed by atoms with Crippen molar-refractivity contribution in [2.24, 2.45) is 0 Å². The number of benzene rings is 2. The van der Waals surface area contributed by atoms with Crippen molar-refractivity contribution in [3.63, 3.8) is 0 Å². The number of anilines is 3. The summed E-state index contributed by atoms with van der Waals surface area (Å²) in [6.45, 7) is 14.3. The van der Waals surface area contributed by atoms with Crippen LogP contribution in [0.5, 0.6) is 0 Å². The Balaban J connectivity index is 1.83. The Kier molecular flexibility index (Phi) is 7.30. The van der Waals surface area contributed by atoms with E-state index in [1.54, 1.807) is 20.8 Å². The van der Waals surface area contributed by atoms with Crippen molar-refractivity contribution in [2.75, 3.05) is 42.9 Å². The van der Waals surface area contributed by atoms with Crippen LogP contribution >= 0.6 is 0 Å². The van der Waals surface area contributed by atoms with E-state index in [1.807, 2.05) is 19.1 Å². The molecule has 1 aliphatic heterocycles. The van der Waals surface area contributed by atoms with Crippen LogP contribution in [0.15, 0.2) is 41.3 Å². The molecule has 33 heavy (non-hydrogen) atoms. The summed E-state index contributed by atoms with van der Waals surface area (Å²) in [5, 5.41) is 14.8. The molecule has 0 bridgehead atoms. The first kappa shape index (κ1) is 24.9. The number of nitro groups is 1. The first-order valence-corrected chi connectivity index (χ1v) is 12.6. The predicted molar refractivity (Wildman–Crippen MR) is 132 cm³/mol. The van der Waals surface area contributed by atoms with Crippen molar-refractivity contribution in [1.29, 1.82) is 0 Å². The van der Waals surface area contributed by atoms with E-state index in [4.69, 9.17) is 0 Å². The zero-order chi connectivity index (χ0) is 24.4. The van der Waals surface area contributed by atoms with Gasteiger partial charge in [0, 0.05) is 49.2 Å². The summed E-state index contributed by atoms with van der Waals surface area (Å²) in [7, 11) is -3.89. The minimum Gasteiger partial charge on any atom is -0.369 e. The van der Waals surface area contributed by atoms with Gasteiger partial charge in [0.2, 0.25) is 10.0 Å². The van der Waals surface area contributed by atoms with Crippen LogP contribution in [0.4, 0.5) is 22.7 Å². The molecule has 0 spiro atoms. The Morgan fingerprint density at radius 3 is 2.21 bits per heavy atom. The Hall–Kier alpha value is -2.69. The quantitative estimate of drug-likeness (QED) is 0.462. The normalized spacial score (nSPS) is 15.5. The van der Waals surface area contributed by atoms with Gasteiger partial charge in [0.15, 0.2) is 0 Å². The number of hydrogen-bond donors (Lipinski definition) is 2. The average Bonchev–Trinajstić information content (AvgIpc) is 2.73. The van der Waals surface area contributed by atoms with Gasteiger partial charge in [-0.1, -0.05) is 6.92 Å². The van der Waals surface area contributed by atoms with Gasteiger partial charge in [0.05, 0.1) is 9.82 Å². The van der Waals surface area contributed by atoms with E-state index < -0.39 is 20.5 Å². The maximum atomic E-state index is 12.6. The third-order valence-electron chi connectivity index (χ3n) is 5.58. The van der Waals surface area contributed by atoms with Gasteiger partial charge in [-0.25, -0.2) is 13.1 Å². The Morgan fingerprint density at radius 1 is 1.03 bits per heavy atom. The number of nitro benzene ring substituents is 1. The van der Waals surface area contributed by atoms with E-state index in [1.165, 1.54) is 12.1 Å². The van der Waals surface area contributed by atoms with Gasteiger partial charge in [-0.2, -0.15) is 0 Å². The van der Waals surface area contributed by atoms with Gasteiger partial charge in [-0.05, 0) is 70.1 Å². The number of rotatable bonds is 7. The lowest BCUT2D eigenvalue weighted by Crippen LogP contribution is -2.46. The molecule has 1 aliphatic rings. The molecule has 1 fully saturated rings. The summed E-state index contributed by atoms with van der Waals surface area (Å²) in [6, 6.07) is 9.89. The number of nitrogens with zero attached hydrogens (tertiary/aromatic N) is 3. The molecule has 1 heterocycles. The molecular weight excluding hydrogens is 442 g/mol. The third-order valence-corrected chi connectivity index (χ3v) is 7.34. The maximum absolute atomic E-state index is 12.6. The molecule has 0 atom stereocenters. The van der Waals surface area contributed by atoms with E-state index in [-0.39, 0.29) is 16.3 Å². The lowest BCUT2D eigenvalue weighted by atomic mass is 10.1. The van der Waals surface area contributed by atoms with Crippen LogP contribution in [0.2, 0.25) is 0 Å². The van der Waals surface area contributed by atoms with E-state index in [0.29, 0.717) is 0 Å². The second kappa shape index (κ2) is 9.66. The smallest absolute Gasteiger partial charge is 0.294 e. The fourth-order valence-corrected chi connectivity index (χ4v) is 5.29. The largest absolute Gasteiger partial charge is 0.369 e. The van der Waals surface area contributed by atoms with Crippen LogP contribution in [0.1, 0.15) is 33.3 Å². The molecule has 2 aromatic carbocycles. The highest BCUT2D eigenvalue weighted by Crippen LogP contribution is 2.33. The highest BCUT2D eigenvalue weighted by molar-refractivity contribution is 7.89. The zero-order valence-electron chi connectivity index (χ0n) is 19.9. The summed E-state index contributed by atoms with van der Waals surface area (Å²) in [5.41, 5.74) is 2.04. The molecule has 0 aliphatic carbocycles. The molecule has 10 heteroatoms. The van der Waals surface area contributed by atoms with Crippen molar-refractivity contribution >= 4 is 32.8 Å². The van der Waals surface area contributed by atoms with Crippen molar-refractivity contribution in [1.82, 2.24) is 9.62 Å². The minimum absolute atomic E-state index is 0.145. The number of nitrogens with one attached hydrogen (secondary N) is 2. The zero-order valence-corrected chi connectivity index (χ0v) is 20.7. The molecule has 9 nitrogen and oxygen atoms in total. The number of hydrogen-bond acceptors (Lipinski definition) is 7. The Morgan fingerprint density at radius 2 is 1.67 bits per heavy atom. The summed E-state index contributed by atoms with van der Waals surface area (Å²) in [5.74, 6) is 0. The molecular formula is C23H33N5O4S. The first-order valence-electron chi connectivity index (χ1n) is 11.1. The predicted octanol–water partition coefficient (Wildman–Crippen LogP) is 3.87. The molecule has 3 rings (SSSR count). The molecule has 2 aromatic rings. The average molecular weight is 476 g/mol. The molecule has 180 valence electrons. The van der Waals surface area contributed by atoms with E-state index in [2.05, 4.69) is 32.8 Å². The van der Waals surface area contributed by atoms with Gasteiger partial charge >= 0.3 is 0 Å². The highest BCUT2D eigenvalue weighted by Gasteiger charge is 2.26. The lowest BCUT2D eigenvalue weighted by Gasteiger charge is -2.35. The molecule has 2 N–H and O–H groups in total. The second-order valence-corrected chi connectivity index (χ2v) is 11.0. The van der Waals surface area contributed by atoms with E-state index in [0.717, 1.165) is 55.7 Å². The van der Waals surface area contributed by atoms with Gasteiger partial charge in [-0.3, -0.25) is 10.1 Å². The first-order chi connectivity index (χ1) is 15.4. The molecule has 0 saturated carbocycles. The highest BCUT2D eigenvalue weighted by atomic mass is 32.2. The topological polar surface area (TPSA) is 108 Å². The van der Waals surface area contributed by atoms with Gasteiger partial charge in [-0.15, -0.1) is 0 Å². The van der Waals surface area contributed by atoms with Crippen LogP contribution in [-0.2, 0) is 10.0 Å². The molecule has 1 saturated heterocycles. The summed E-state index contributed by atoms with van der Waals surface area (Å²) in [6.07, 6.45) is 0. The van der Waals surface area contributed by atoms with Crippen molar-refractivity contribution in [3.8, 4) is 0 Å². The maximum Gasteiger partial charge on any atom is 0.294 e.